The molecule has 8 heteroatoms. The first-order chi connectivity index (χ1) is 14.3. The van der Waals surface area contributed by atoms with Crippen molar-refractivity contribution in [2.75, 3.05) is 13.2 Å². The fourth-order valence-corrected chi connectivity index (χ4v) is 5.26. The smallest absolute Gasteiger partial charge is 0.329 e. The molecule has 0 amide bonds. The number of fused-ring (bicyclic) bond motifs is 3. The molecule has 30 heavy (non-hydrogen) atoms. The third-order valence-corrected chi connectivity index (χ3v) is 6.69. The van der Waals surface area contributed by atoms with E-state index in [4.69, 9.17) is 9.47 Å². The van der Waals surface area contributed by atoms with Gasteiger partial charge in [-0.15, -0.1) is 11.3 Å². The van der Waals surface area contributed by atoms with Crippen LogP contribution in [0, 0.1) is 12.8 Å². The molecular formula is C22H30N2O5S. The van der Waals surface area contributed by atoms with Crippen LogP contribution in [0.4, 0.5) is 0 Å². The number of nitrogens with zero attached hydrogens (tertiary/aromatic N) is 2. The number of rotatable bonds is 7. The van der Waals surface area contributed by atoms with E-state index in [1.165, 1.54) is 15.9 Å². The summed E-state index contributed by atoms with van der Waals surface area (Å²) in [7, 11) is 0. The summed E-state index contributed by atoms with van der Waals surface area (Å²) in [6, 6.07) is -0.790. The summed E-state index contributed by atoms with van der Waals surface area (Å²) in [5, 5.41) is 0.445. The van der Waals surface area contributed by atoms with Crippen molar-refractivity contribution in [1.29, 1.82) is 0 Å². The Morgan fingerprint density at radius 1 is 1.27 bits per heavy atom. The topological polar surface area (TPSA) is 87.5 Å². The maximum Gasteiger partial charge on any atom is 0.329 e. The number of hydrogen-bond acceptors (Lipinski definition) is 7. The summed E-state index contributed by atoms with van der Waals surface area (Å²) < 4.78 is 12.0. The minimum Gasteiger partial charge on any atom is -0.466 e. The Balaban J connectivity index is 2.04. The van der Waals surface area contributed by atoms with Crippen molar-refractivity contribution in [3.05, 3.63) is 26.6 Å². The molecule has 2 aromatic heterocycles. The minimum absolute atomic E-state index is 0.292. The number of carbonyl (C=O) groups excluding carboxylic acids is 2. The van der Waals surface area contributed by atoms with Gasteiger partial charge in [-0.1, -0.05) is 13.8 Å². The van der Waals surface area contributed by atoms with Crippen LogP contribution in [0.3, 0.4) is 0 Å². The fourth-order valence-electron chi connectivity index (χ4n) is 3.95. The average Bonchev–Trinajstić information content (AvgIpc) is 3.05. The molecule has 0 bridgehead atoms. The highest BCUT2D eigenvalue weighted by Crippen LogP contribution is 2.41. The van der Waals surface area contributed by atoms with Crippen molar-refractivity contribution in [2.45, 2.75) is 72.3 Å². The van der Waals surface area contributed by atoms with Crippen LogP contribution in [0.15, 0.2) is 4.79 Å². The molecule has 3 rings (SSSR count). The SMILES string of the molecule is CCOC(=O)C1CCCc2sc3nc(C)n(C(C)C(=O)OCCC(C)C)c(=O)c3c21. The fraction of sp³-hybridized carbons (Fsp3) is 0.636. The molecule has 2 aromatic rings. The van der Waals surface area contributed by atoms with Crippen molar-refractivity contribution < 1.29 is 19.1 Å². The number of ether oxygens (including phenoxy) is 2. The van der Waals surface area contributed by atoms with E-state index in [-0.39, 0.29) is 11.5 Å². The molecule has 7 nitrogen and oxygen atoms in total. The zero-order valence-electron chi connectivity index (χ0n) is 18.3. The van der Waals surface area contributed by atoms with E-state index in [2.05, 4.69) is 18.8 Å². The largest absolute Gasteiger partial charge is 0.466 e. The Morgan fingerprint density at radius 2 is 2.00 bits per heavy atom. The molecule has 1 aliphatic carbocycles. The van der Waals surface area contributed by atoms with E-state index in [0.29, 0.717) is 41.6 Å². The first-order valence-corrected chi connectivity index (χ1v) is 11.5. The third-order valence-electron chi connectivity index (χ3n) is 5.53. The van der Waals surface area contributed by atoms with Gasteiger partial charge >= 0.3 is 11.9 Å². The predicted octanol–water partition coefficient (Wildman–Crippen LogP) is 3.90. The quantitative estimate of drug-likeness (QED) is 0.614. The molecular weight excluding hydrogens is 404 g/mol. The van der Waals surface area contributed by atoms with Crippen LogP contribution in [0.1, 0.15) is 75.2 Å². The molecule has 0 spiro atoms. The lowest BCUT2D eigenvalue weighted by Crippen LogP contribution is -2.33. The maximum absolute atomic E-state index is 13.5. The molecule has 0 fully saturated rings. The molecule has 0 saturated carbocycles. The van der Waals surface area contributed by atoms with Crippen LogP contribution in [0.25, 0.3) is 10.2 Å². The van der Waals surface area contributed by atoms with Gasteiger partial charge in [0.15, 0.2) is 0 Å². The Kier molecular flexibility index (Phi) is 6.95. The van der Waals surface area contributed by atoms with Gasteiger partial charge in [0, 0.05) is 4.88 Å². The zero-order valence-corrected chi connectivity index (χ0v) is 19.1. The summed E-state index contributed by atoms with van der Waals surface area (Å²) in [4.78, 5) is 44.9. The van der Waals surface area contributed by atoms with Crippen molar-refractivity contribution in [1.82, 2.24) is 9.55 Å². The molecule has 0 aromatic carbocycles. The molecule has 1 aliphatic rings. The third kappa shape index (κ3) is 4.29. The van der Waals surface area contributed by atoms with Gasteiger partial charge in [-0.25, -0.2) is 9.78 Å². The van der Waals surface area contributed by atoms with Gasteiger partial charge in [0.25, 0.3) is 5.56 Å². The van der Waals surface area contributed by atoms with E-state index >= 15 is 0 Å². The summed E-state index contributed by atoms with van der Waals surface area (Å²) in [5.74, 6) is -0.319. The number of aromatic nitrogens is 2. The number of carbonyl (C=O) groups is 2. The van der Waals surface area contributed by atoms with Gasteiger partial charge in [-0.3, -0.25) is 14.2 Å². The molecule has 0 N–H and O–H groups in total. The second-order valence-corrected chi connectivity index (χ2v) is 9.26. The average molecular weight is 435 g/mol. The number of aryl methyl sites for hydroxylation is 2. The second-order valence-electron chi connectivity index (χ2n) is 8.18. The van der Waals surface area contributed by atoms with E-state index in [1.807, 2.05) is 0 Å². The van der Waals surface area contributed by atoms with Gasteiger partial charge in [0.1, 0.15) is 16.7 Å². The van der Waals surface area contributed by atoms with Crippen molar-refractivity contribution >= 4 is 33.5 Å². The molecule has 2 heterocycles. The normalized spacial score (nSPS) is 17.1. The molecule has 0 radical (unpaired) electrons. The van der Waals surface area contributed by atoms with Crippen LogP contribution < -0.4 is 5.56 Å². The first kappa shape index (κ1) is 22.5. The van der Waals surface area contributed by atoms with Crippen molar-refractivity contribution in [3.63, 3.8) is 0 Å². The second kappa shape index (κ2) is 9.29. The number of thiophene rings is 1. The Morgan fingerprint density at radius 3 is 2.67 bits per heavy atom. The van der Waals surface area contributed by atoms with Crippen molar-refractivity contribution in [2.24, 2.45) is 5.92 Å². The van der Waals surface area contributed by atoms with Crippen LogP contribution in [-0.2, 0) is 25.5 Å². The summed E-state index contributed by atoms with van der Waals surface area (Å²) in [5.41, 5.74) is 0.450. The van der Waals surface area contributed by atoms with Gasteiger partial charge in [-0.2, -0.15) is 0 Å². The van der Waals surface area contributed by atoms with Crippen LogP contribution >= 0.6 is 11.3 Å². The van der Waals surface area contributed by atoms with Crippen molar-refractivity contribution in [3.8, 4) is 0 Å². The van der Waals surface area contributed by atoms with Gasteiger partial charge < -0.3 is 9.47 Å². The van der Waals surface area contributed by atoms with E-state index < -0.39 is 17.9 Å². The van der Waals surface area contributed by atoms with Crippen LogP contribution in [0.5, 0.6) is 0 Å². The lowest BCUT2D eigenvalue weighted by Gasteiger charge is -2.22. The Hall–Kier alpha value is -2.22. The summed E-state index contributed by atoms with van der Waals surface area (Å²) in [6.45, 7) is 9.89. The van der Waals surface area contributed by atoms with E-state index in [0.717, 1.165) is 29.7 Å². The lowest BCUT2D eigenvalue weighted by atomic mass is 9.86. The molecule has 2 atom stereocenters. The number of esters is 2. The molecule has 0 saturated heterocycles. The standard InChI is InChI=1S/C22H30N2O5S/c1-6-28-22(27)15-8-7-9-16-17(15)18-19(30-16)23-14(5)24(20(18)25)13(4)21(26)29-11-10-12(2)3/h12-13,15H,6-11H2,1-5H3. The molecule has 2 unspecified atom stereocenters. The van der Waals surface area contributed by atoms with Gasteiger partial charge in [0.2, 0.25) is 0 Å². The van der Waals surface area contributed by atoms with Crippen LogP contribution in [-0.4, -0.2) is 34.7 Å². The zero-order chi connectivity index (χ0) is 22.0. The van der Waals surface area contributed by atoms with Crippen LogP contribution in [0.2, 0.25) is 0 Å². The van der Waals surface area contributed by atoms with Gasteiger partial charge in [-0.05, 0) is 57.9 Å². The maximum atomic E-state index is 13.5. The van der Waals surface area contributed by atoms with E-state index in [9.17, 15) is 14.4 Å². The summed E-state index contributed by atoms with van der Waals surface area (Å²) in [6.07, 6.45) is 3.10. The Bertz CT molecular complexity index is 1010. The number of hydrogen-bond donors (Lipinski definition) is 0. The predicted molar refractivity (Wildman–Crippen MR) is 116 cm³/mol. The monoisotopic (exact) mass is 434 g/mol. The molecule has 0 aliphatic heterocycles. The highest BCUT2D eigenvalue weighted by Gasteiger charge is 2.34. The minimum atomic E-state index is -0.790. The Labute approximate surface area is 180 Å². The van der Waals surface area contributed by atoms with E-state index in [1.54, 1.807) is 20.8 Å². The van der Waals surface area contributed by atoms with Gasteiger partial charge in [0.05, 0.1) is 24.5 Å². The first-order valence-electron chi connectivity index (χ1n) is 10.6. The molecule has 164 valence electrons. The highest BCUT2D eigenvalue weighted by molar-refractivity contribution is 7.18. The highest BCUT2D eigenvalue weighted by atomic mass is 32.1. The summed E-state index contributed by atoms with van der Waals surface area (Å²) >= 11 is 1.46. The lowest BCUT2D eigenvalue weighted by molar-refractivity contribution is -0.147.